The van der Waals surface area contributed by atoms with Crippen molar-refractivity contribution in [3.05, 3.63) is 67.8 Å². The lowest BCUT2D eigenvalue weighted by molar-refractivity contribution is -0.461. The van der Waals surface area contributed by atoms with Crippen LogP contribution in [0.15, 0.2) is 36.4 Å². The molecule has 0 aliphatic rings. The third-order valence-corrected chi connectivity index (χ3v) is 11.7. The molecule has 0 atom stereocenters. The molecule has 0 saturated heterocycles. The molecule has 0 aliphatic heterocycles. The molecule has 0 amide bonds. The summed E-state index contributed by atoms with van der Waals surface area (Å²) in [5.41, 5.74) is -4.47. The van der Waals surface area contributed by atoms with E-state index in [1.807, 2.05) is 0 Å². The molecule has 2 aromatic rings. The minimum absolute atomic E-state index is 0.00412. The highest BCUT2D eigenvalue weighted by molar-refractivity contribution is 5.91. The van der Waals surface area contributed by atoms with Gasteiger partial charge in [0, 0.05) is 12.1 Å². The lowest BCUT2D eigenvalue weighted by Crippen LogP contribution is -2.74. The lowest BCUT2D eigenvalue weighted by atomic mass is 9.88. The van der Waals surface area contributed by atoms with E-state index in [9.17, 15) is 179 Å². The van der Waals surface area contributed by atoms with E-state index in [0.29, 0.717) is 24.3 Å². The molecule has 0 heterocycles. The molecular formula is C42H30F34N2O10. The van der Waals surface area contributed by atoms with Crippen LogP contribution in [0.5, 0.6) is 11.5 Å². The van der Waals surface area contributed by atoms with Crippen molar-refractivity contribution in [2.45, 2.75) is 147 Å². The summed E-state index contributed by atoms with van der Waals surface area (Å²) in [5.74, 6) is -122. The van der Waals surface area contributed by atoms with Gasteiger partial charge in [0.1, 0.15) is 0 Å². The van der Waals surface area contributed by atoms with Crippen LogP contribution >= 0.6 is 0 Å². The number of hydrogen-bond donors (Lipinski definition) is 0. The molecule has 2 rings (SSSR count). The summed E-state index contributed by atoms with van der Waals surface area (Å²) >= 11 is 0. The fourth-order valence-electron chi connectivity index (χ4n) is 6.51. The van der Waals surface area contributed by atoms with Crippen LogP contribution < -0.4 is 9.47 Å². The maximum atomic E-state index is 14.3. The van der Waals surface area contributed by atoms with Crippen LogP contribution in [0.2, 0.25) is 0 Å². The van der Waals surface area contributed by atoms with Crippen LogP contribution in [0, 0.1) is 20.2 Å². The van der Waals surface area contributed by atoms with Gasteiger partial charge in [-0.25, -0.2) is 9.59 Å². The zero-order chi connectivity index (χ0) is 69.3. The van der Waals surface area contributed by atoms with Crippen molar-refractivity contribution in [2.75, 3.05) is 26.4 Å². The van der Waals surface area contributed by atoms with Gasteiger partial charge in [0.05, 0.1) is 60.2 Å². The molecular weight excluding hydrogens is 1340 g/mol. The van der Waals surface area contributed by atoms with Gasteiger partial charge in [-0.2, -0.15) is 149 Å². The zero-order valence-corrected chi connectivity index (χ0v) is 41.8. The van der Waals surface area contributed by atoms with Crippen molar-refractivity contribution < 1.29 is 188 Å². The number of nitrogens with zero attached hydrogens (tertiary/aromatic N) is 2. The molecule has 0 spiro atoms. The Labute approximate surface area is 463 Å². The highest BCUT2D eigenvalue weighted by Gasteiger charge is 2.97. The molecule has 0 fully saturated rings. The Morgan fingerprint density at radius 3 is 0.795 bits per heavy atom. The minimum Gasteiger partial charge on any atom is -0.487 e. The molecule has 0 aromatic heterocycles. The first-order valence-electron chi connectivity index (χ1n) is 22.7. The third-order valence-electron chi connectivity index (χ3n) is 11.7. The molecule has 46 heteroatoms. The summed E-state index contributed by atoms with van der Waals surface area (Å²) < 4.78 is 479. The average Bonchev–Trinajstić information content (AvgIpc) is 0.709. The Hall–Kier alpha value is -6.60. The largest absolute Gasteiger partial charge is 0.487 e. The molecule has 0 bridgehead atoms. The molecule has 88 heavy (non-hydrogen) atoms. The van der Waals surface area contributed by atoms with Gasteiger partial charge < -0.3 is 18.9 Å². The predicted molar refractivity (Wildman–Crippen MR) is 216 cm³/mol. The van der Waals surface area contributed by atoms with Gasteiger partial charge in [0.15, 0.2) is 11.5 Å². The number of unbranched alkanes of at least 4 members (excludes halogenated alkanes) is 5. The van der Waals surface area contributed by atoms with E-state index in [2.05, 4.69) is 9.47 Å². The number of nitro groups is 2. The SMILES string of the molecule is O=C(OCCCCCCCCOC(=O)c1ccc(OCCC(F)(F)C(F)(F)C(F)(F)C(F)(F)C(F)(F)C(F)(F)C(F)(F)C(F)(F)F)c([N+](=O)[O-])c1)c1ccc(OCCC(F)(F)C(F)(F)C(F)(F)C(F)(F)C(F)(F)C(F)(F)C(F)(F)C(F)(F)F)c([N+](=O)[O-])c1. The van der Waals surface area contributed by atoms with E-state index in [1.165, 1.54) is 0 Å². The second-order valence-electron chi connectivity index (χ2n) is 17.8. The van der Waals surface area contributed by atoms with E-state index in [-0.39, 0.29) is 50.7 Å². The Morgan fingerprint density at radius 1 is 0.330 bits per heavy atom. The Bertz CT molecular complexity index is 2620. The van der Waals surface area contributed by atoms with Crippen molar-refractivity contribution in [1.82, 2.24) is 0 Å². The molecule has 0 unspecified atom stereocenters. The second-order valence-corrected chi connectivity index (χ2v) is 17.8. The van der Waals surface area contributed by atoms with Gasteiger partial charge >= 0.3 is 119 Å². The monoisotopic (exact) mass is 1370 g/mol. The van der Waals surface area contributed by atoms with Gasteiger partial charge in [-0.3, -0.25) is 20.2 Å². The summed E-state index contributed by atoms with van der Waals surface area (Å²) in [5, 5.41) is 23.0. The van der Waals surface area contributed by atoms with Crippen molar-refractivity contribution in [3.8, 4) is 11.5 Å². The molecule has 0 radical (unpaired) electrons. The molecule has 12 nitrogen and oxygen atoms in total. The zero-order valence-electron chi connectivity index (χ0n) is 41.8. The number of carbonyl (C=O) groups is 2. The van der Waals surface area contributed by atoms with Crippen LogP contribution in [0.25, 0.3) is 0 Å². The number of esters is 2. The maximum Gasteiger partial charge on any atom is 0.460 e. The highest BCUT2D eigenvalue weighted by atomic mass is 19.4. The molecule has 506 valence electrons. The first kappa shape index (κ1) is 77.5. The average molecular weight is 1370 g/mol. The molecule has 2 aromatic carbocycles. The molecule has 0 N–H and O–H groups in total. The number of nitro benzene ring substituents is 2. The summed E-state index contributed by atoms with van der Waals surface area (Å²) in [6.45, 7) is -5.48. The molecule has 0 aliphatic carbocycles. The van der Waals surface area contributed by atoms with Gasteiger partial charge in [0.25, 0.3) is 0 Å². The van der Waals surface area contributed by atoms with Gasteiger partial charge in [0.2, 0.25) is 0 Å². The standard InChI is InChI=1S/C42H30F34N2O10/c43-27(44,29(47,48)31(51,52)33(55,56)35(59,60)37(63,64)39(67,68)41(71,72)73)11-15-85-23-9-7-19(17-21(23)77(81)82)25(79)87-13-5-3-1-2-4-6-14-88-26(80)20-8-10-24(22(18-20)78(83)84)86-16-12-28(45,46)30(49,50)32(53,54)34(57,58)36(61,62)38(65,66)40(69,70)42(74,75)76/h7-10,17-18H,1-6,11-16H2. The number of rotatable bonds is 33. The van der Waals surface area contributed by atoms with E-state index in [4.69, 9.17) is 9.47 Å². The Balaban J connectivity index is 1.96. The van der Waals surface area contributed by atoms with Gasteiger partial charge in [-0.15, -0.1) is 0 Å². The van der Waals surface area contributed by atoms with Crippen molar-refractivity contribution in [3.63, 3.8) is 0 Å². The van der Waals surface area contributed by atoms with Crippen molar-refractivity contribution >= 4 is 23.3 Å². The Morgan fingerprint density at radius 2 is 0.557 bits per heavy atom. The first-order valence-corrected chi connectivity index (χ1v) is 22.7. The first-order chi connectivity index (χ1) is 39.1. The van der Waals surface area contributed by atoms with Crippen LogP contribution in [0.4, 0.5) is 161 Å². The smallest absolute Gasteiger partial charge is 0.460 e. The lowest BCUT2D eigenvalue weighted by Gasteiger charge is -2.42. The molecule has 0 saturated carbocycles. The number of carbonyl (C=O) groups excluding carboxylic acids is 2. The van der Waals surface area contributed by atoms with Crippen LogP contribution in [0.1, 0.15) is 72.1 Å². The van der Waals surface area contributed by atoms with E-state index >= 15 is 0 Å². The predicted octanol–water partition coefficient (Wildman–Crippen LogP) is 16.4. The number of benzene rings is 2. The number of alkyl halides is 34. The van der Waals surface area contributed by atoms with Crippen LogP contribution in [-0.4, -0.2) is 143 Å². The van der Waals surface area contributed by atoms with E-state index in [1.54, 1.807) is 0 Å². The van der Waals surface area contributed by atoms with Crippen molar-refractivity contribution in [2.24, 2.45) is 0 Å². The second kappa shape index (κ2) is 25.4. The van der Waals surface area contributed by atoms with Crippen LogP contribution in [0.3, 0.4) is 0 Å². The number of ether oxygens (including phenoxy) is 4. The summed E-state index contributed by atoms with van der Waals surface area (Å²) in [6, 6.07) is 2.16. The normalized spacial score (nSPS) is 14.6. The van der Waals surface area contributed by atoms with Crippen molar-refractivity contribution in [1.29, 1.82) is 0 Å². The fraction of sp³-hybridized carbons (Fsp3) is 0.667. The Kier molecular flexibility index (Phi) is 22.3. The highest BCUT2D eigenvalue weighted by Crippen LogP contribution is 2.66. The topological polar surface area (TPSA) is 157 Å². The number of hydrogen-bond acceptors (Lipinski definition) is 10. The fourth-order valence-corrected chi connectivity index (χ4v) is 6.51. The third kappa shape index (κ3) is 13.7. The number of halogens is 34. The summed E-state index contributed by atoms with van der Waals surface area (Å²) in [7, 11) is 0. The van der Waals surface area contributed by atoms with E-state index < -0.39 is 190 Å². The van der Waals surface area contributed by atoms with Crippen LogP contribution in [-0.2, 0) is 9.47 Å². The summed E-state index contributed by atoms with van der Waals surface area (Å²) in [4.78, 5) is 44.9. The minimum atomic E-state index is -8.88. The van der Waals surface area contributed by atoms with Gasteiger partial charge in [-0.05, 0) is 37.1 Å². The maximum absolute atomic E-state index is 14.3. The van der Waals surface area contributed by atoms with Gasteiger partial charge in [-0.1, -0.05) is 25.7 Å². The quantitative estimate of drug-likeness (QED) is 0.0221. The summed E-state index contributed by atoms with van der Waals surface area (Å²) in [6.07, 6.45) is -21.2. The van der Waals surface area contributed by atoms with E-state index in [0.717, 1.165) is 0 Å².